The Morgan fingerprint density at radius 3 is 2.18 bits per heavy atom. The number of hydrogen-bond donors (Lipinski definition) is 0. The predicted molar refractivity (Wildman–Crippen MR) is 72.1 cm³/mol. The fraction of sp³-hybridized carbons (Fsp3) is 0.125. The van der Waals surface area contributed by atoms with Crippen molar-refractivity contribution < 1.29 is 4.42 Å². The minimum atomic E-state index is 0.972. The maximum atomic E-state index is 5.20. The quantitative estimate of drug-likeness (QED) is 0.537. The number of benzene rings is 2. The van der Waals surface area contributed by atoms with Crippen LogP contribution in [0, 0.1) is 13.8 Å². The molecule has 0 aliphatic rings. The van der Waals surface area contributed by atoms with Gasteiger partial charge in [-0.05, 0) is 31.5 Å². The Balaban J connectivity index is 0.000000136. The van der Waals surface area contributed by atoms with Crippen molar-refractivity contribution in [1.82, 2.24) is 0 Å². The smallest absolute Gasteiger partial charge is 0.134 e. The van der Waals surface area contributed by atoms with E-state index in [-0.39, 0.29) is 0 Å². The van der Waals surface area contributed by atoms with Gasteiger partial charge in [-0.15, -0.1) is 0 Å². The highest BCUT2D eigenvalue weighted by Gasteiger charge is 1.93. The third-order valence-electron chi connectivity index (χ3n) is 2.55. The normalized spacial score (nSPS) is 9.76. The van der Waals surface area contributed by atoms with E-state index in [1.807, 2.05) is 30.3 Å². The largest absolute Gasteiger partial charge is 0.464 e. The first kappa shape index (κ1) is 11.5. The van der Waals surface area contributed by atoms with Gasteiger partial charge in [0.25, 0.3) is 0 Å². The van der Waals surface area contributed by atoms with E-state index in [1.165, 1.54) is 16.5 Å². The zero-order valence-electron chi connectivity index (χ0n) is 10.2. The summed E-state index contributed by atoms with van der Waals surface area (Å²) in [5.74, 6) is 0. The Morgan fingerprint density at radius 2 is 1.53 bits per heavy atom. The summed E-state index contributed by atoms with van der Waals surface area (Å²) in [7, 11) is 0. The molecule has 0 bridgehead atoms. The molecule has 0 saturated heterocycles. The molecule has 0 radical (unpaired) electrons. The van der Waals surface area contributed by atoms with Crippen molar-refractivity contribution in [2.45, 2.75) is 13.8 Å². The molecule has 0 aliphatic heterocycles. The lowest BCUT2D eigenvalue weighted by Gasteiger charge is -1.89. The Bertz CT molecular complexity index is 579. The summed E-state index contributed by atoms with van der Waals surface area (Å²) in [6, 6.07) is 18.4. The molecule has 0 fully saturated rings. The summed E-state index contributed by atoms with van der Waals surface area (Å²) < 4.78 is 5.20. The van der Waals surface area contributed by atoms with Gasteiger partial charge in [0.1, 0.15) is 5.58 Å². The number of rotatable bonds is 0. The maximum Gasteiger partial charge on any atom is 0.134 e. The van der Waals surface area contributed by atoms with Crippen molar-refractivity contribution in [3.63, 3.8) is 0 Å². The molecule has 17 heavy (non-hydrogen) atoms. The van der Waals surface area contributed by atoms with Crippen molar-refractivity contribution in [3.05, 3.63) is 72.0 Å². The van der Waals surface area contributed by atoms with E-state index in [9.17, 15) is 0 Å². The van der Waals surface area contributed by atoms with Crippen LogP contribution in [0.2, 0.25) is 0 Å². The van der Waals surface area contributed by atoms with Crippen LogP contribution in [0.25, 0.3) is 11.0 Å². The van der Waals surface area contributed by atoms with Gasteiger partial charge in [0.15, 0.2) is 0 Å². The number of aryl methyl sites for hydroxylation is 2. The molecule has 1 heterocycles. The van der Waals surface area contributed by atoms with Gasteiger partial charge in [-0.3, -0.25) is 0 Å². The third-order valence-corrected chi connectivity index (χ3v) is 2.55. The molecule has 0 spiro atoms. The molecule has 3 rings (SSSR count). The molecular formula is C16H16O. The van der Waals surface area contributed by atoms with Gasteiger partial charge in [-0.25, -0.2) is 0 Å². The fourth-order valence-corrected chi connectivity index (χ4v) is 1.60. The minimum Gasteiger partial charge on any atom is -0.464 e. The summed E-state index contributed by atoms with van der Waals surface area (Å²) in [4.78, 5) is 0. The molecule has 1 aromatic heterocycles. The fourth-order valence-electron chi connectivity index (χ4n) is 1.60. The average molecular weight is 224 g/mol. The molecule has 1 nitrogen and oxygen atoms in total. The van der Waals surface area contributed by atoms with Crippen LogP contribution in [0.5, 0.6) is 0 Å². The van der Waals surface area contributed by atoms with E-state index in [0.29, 0.717) is 0 Å². The van der Waals surface area contributed by atoms with Gasteiger partial charge in [-0.2, -0.15) is 0 Å². The third kappa shape index (κ3) is 3.22. The second-order valence-corrected chi connectivity index (χ2v) is 4.12. The first-order valence-corrected chi connectivity index (χ1v) is 5.71. The average Bonchev–Trinajstić information content (AvgIpc) is 2.78. The monoisotopic (exact) mass is 224 g/mol. The van der Waals surface area contributed by atoms with E-state index >= 15 is 0 Å². The van der Waals surface area contributed by atoms with E-state index in [1.54, 1.807) is 6.26 Å². The predicted octanol–water partition coefficient (Wildman–Crippen LogP) is 4.74. The lowest BCUT2D eigenvalue weighted by atomic mass is 10.2. The minimum absolute atomic E-state index is 0.972. The summed E-state index contributed by atoms with van der Waals surface area (Å²) in [5.41, 5.74) is 3.53. The summed E-state index contributed by atoms with van der Waals surface area (Å²) >= 11 is 0. The summed E-state index contributed by atoms with van der Waals surface area (Å²) in [5, 5.41) is 1.17. The molecular weight excluding hydrogens is 208 g/mol. The van der Waals surface area contributed by atoms with Crippen LogP contribution in [0.1, 0.15) is 11.1 Å². The molecule has 0 aliphatic carbocycles. The van der Waals surface area contributed by atoms with Crippen LogP contribution in [0.4, 0.5) is 0 Å². The second kappa shape index (κ2) is 5.35. The zero-order valence-corrected chi connectivity index (χ0v) is 10.2. The molecule has 86 valence electrons. The molecule has 3 aromatic rings. The van der Waals surface area contributed by atoms with E-state index in [0.717, 1.165) is 5.58 Å². The van der Waals surface area contributed by atoms with E-state index < -0.39 is 0 Å². The number of hydrogen-bond acceptors (Lipinski definition) is 1. The van der Waals surface area contributed by atoms with Crippen molar-refractivity contribution in [3.8, 4) is 0 Å². The van der Waals surface area contributed by atoms with Gasteiger partial charge in [0.2, 0.25) is 0 Å². The van der Waals surface area contributed by atoms with Crippen LogP contribution >= 0.6 is 0 Å². The van der Waals surface area contributed by atoms with Gasteiger partial charge in [-0.1, -0.05) is 48.0 Å². The number of furan rings is 1. The highest BCUT2D eigenvalue weighted by molar-refractivity contribution is 5.77. The van der Waals surface area contributed by atoms with Gasteiger partial charge >= 0.3 is 0 Å². The van der Waals surface area contributed by atoms with E-state index in [2.05, 4.69) is 38.1 Å². The van der Waals surface area contributed by atoms with Crippen molar-refractivity contribution in [2.24, 2.45) is 0 Å². The Morgan fingerprint density at radius 1 is 0.765 bits per heavy atom. The van der Waals surface area contributed by atoms with Crippen LogP contribution in [-0.4, -0.2) is 0 Å². The summed E-state index contributed by atoms with van der Waals surface area (Å²) in [6.07, 6.45) is 1.71. The van der Waals surface area contributed by atoms with Crippen LogP contribution < -0.4 is 0 Å². The molecule has 2 aromatic carbocycles. The van der Waals surface area contributed by atoms with Gasteiger partial charge in [0.05, 0.1) is 6.26 Å². The number of fused-ring (bicyclic) bond motifs is 1. The SMILES string of the molecule is Cc1ccc2ccoc2c1.Cc1ccccc1. The lowest BCUT2D eigenvalue weighted by Crippen LogP contribution is -1.67. The van der Waals surface area contributed by atoms with Crippen LogP contribution in [-0.2, 0) is 0 Å². The lowest BCUT2D eigenvalue weighted by molar-refractivity contribution is 0.615. The Kier molecular flexibility index (Phi) is 3.61. The first-order chi connectivity index (χ1) is 8.25. The summed E-state index contributed by atoms with van der Waals surface area (Å²) in [6.45, 7) is 4.14. The zero-order chi connectivity index (χ0) is 12.1. The first-order valence-electron chi connectivity index (χ1n) is 5.71. The molecule has 0 unspecified atom stereocenters. The van der Waals surface area contributed by atoms with Crippen molar-refractivity contribution in [2.75, 3.05) is 0 Å². The van der Waals surface area contributed by atoms with Gasteiger partial charge in [0, 0.05) is 5.39 Å². The van der Waals surface area contributed by atoms with Crippen LogP contribution in [0.3, 0.4) is 0 Å². The van der Waals surface area contributed by atoms with Crippen molar-refractivity contribution in [1.29, 1.82) is 0 Å². The molecule has 0 amide bonds. The van der Waals surface area contributed by atoms with Gasteiger partial charge < -0.3 is 4.42 Å². The maximum absolute atomic E-state index is 5.20. The molecule has 0 N–H and O–H groups in total. The second-order valence-electron chi connectivity index (χ2n) is 4.12. The highest BCUT2D eigenvalue weighted by Crippen LogP contribution is 2.15. The standard InChI is InChI=1S/C9H8O.C7H8/c1-7-2-3-8-4-5-10-9(8)6-7;1-7-5-3-2-4-6-7/h2-6H,1H3;2-6H,1H3. The molecule has 0 atom stereocenters. The molecule has 1 heteroatoms. The molecule has 0 saturated carbocycles. The Hall–Kier alpha value is -2.02. The van der Waals surface area contributed by atoms with Crippen LogP contribution in [0.15, 0.2) is 65.3 Å². The van der Waals surface area contributed by atoms with Crippen molar-refractivity contribution >= 4 is 11.0 Å². The Labute approximate surface area is 102 Å². The topological polar surface area (TPSA) is 13.1 Å². The van der Waals surface area contributed by atoms with E-state index in [4.69, 9.17) is 4.42 Å². The highest BCUT2D eigenvalue weighted by atomic mass is 16.3.